The molecule has 0 spiro atoms. The Hall–Kier alpha value is -2.12. The van der Waals surface area contributed by atoms with Crippen molar-refractivity contribution in [2.24, 2.45) is 0 Å². The molecule has 168 valence electrons. The van der Waals surface area contributed by atoms with Crippen molar-refractivity contribution in [2.45, 2.75) is 74.3 Å². The fourth-order valence-electron chi connectivity index (χ4n) is 3.19. The number of rotatable bonds is 6. The van der Waals surface area contributed by atoms with Crippen molar-refractivity contribution in [3.63, 3.8) is 0 Å². The van der Waals surface area contributed by atoms with Crippen LogP contribution < -0.4 is 9.47 Å². The first-order chi connectivity index (χ1) is 13.8. The summed E-state index contributed by atoms with van der Waals surface area (Å²) in [6.45, 7) is 16.7. The van der Waals surface area contributed by atoms with Gasteiger partial charge in [-0.1, -0.05) is 31.5 Å². The number of hydrogen-bond acceptors (Lipinski definition) is 5. The van der Waals surface area contributed by atoms with Gasteiger partial charge in [0.15, 0.2) is 0 Å². The molecule has 0 bridgehead atoms. The molecule has 0 saturated carbocycles. The zero-order chi connectivity index (χ0) is 23.2. The second-order valence-electron chi connectivity index (χ2n) is 7.70. The van der Waals surface area contributed by atoms with Gasteiger partial charge in [-0.05, 0) is 65.5 Å². The van der Waals surface area contributed by atoms with Crippen LogP contribution in [0.1, 0.15) is 60.2 Å². The average Bonchev–Trinajstić information content (AvgIpc) is 2.61. The molecule has 0 amide bonds. The largest absolute Gasteiger partial charge is 0.490 e. The van der Waals surface area contributed by atoms with E-state index in [1.54, 1.807) is 0 Å². The van der Waals surface area contributed by atoms with Crippen LogP contribution in [-0.2, 0) is 10.1 Å². The summed E-state index contributed by atoms with van der Waals surface area (Å²) in [6, 6.07) is 4.28. The Bertz CT molecular complexity index is 949. The van der Waals surface area contributed by atoms with Gasteiger partial charge in [-0.2, -0.15) is 8.42 Å². The van der Waals surface area contributed by atoms with Gasteiger partial charge in [-0.3, -0.25) is 4.55 Å². The molecular weight excluding hydrogens is 402 g/mol. The lowest BCUT2D eigenvalue weighted by molar-refractivity contribution is 0.189. The van der Waals surface area contributed by atoms with E-state index in [0.29, 0.717) is 12.1 Å². The van der Waals surface area contributed by atoms with E-state index < -0.39 is 10.1 Å². The van der Waals surface area contributed by atoms with E-state index in [2.05, 4.69) is 58.7 Å². The normalized spacial score (nSPS) is 11.2. The zero-order valence-corrected chi connectivity index (χ0v) is 20.4. The summed E-state index contributed by atoms with van der Waals surface area (Å²) in [5.74, 6) is 2.44. The lowest BCUT2D eigenvalue weighted by Gasteiger charge is -2.22. The predicted octanol–water partition coefficient (Wildman–Crippen LogP) is 5.80. The maximum Gasteiger partial charge on any atom is 0.261 e. The zero-order valence-electron chi connectivity index (χ0n) is 19.6. The highest BCUT2D eigenvalue weighted by molar-refractivity contribution is 7.85. The lowest BCUT2D eigenvalue weighted by Crippen LogP contribution is -2.16. The maximum atomic E-state index is 9.19. The van der Waals surface area contributed by atoms with Crippen LogP contribution in [0.4, 0.5) is 0 Å². The van der Waals surface area contributed by atoms with Crippen LogP contribution in [-0.4, -0.2) is 30.3 Å². The summed E-state index contributed by atoms with van der Waals surface area (Å²) >= 11 is 0. The number of hydrogen-bond donors (Lipinski definition) is 1. The minimum absolute atomic E-state index is 0.217. The van der Waals surface area contributed by atoms with E-state index in [1.165, 1.54) is 5.56 Å². The lowest BCUT2D eigenvalue weighted by atomic mass is 10.1. The molecule has 2 aromatic rings. The first kappa shape index (κ1) is 25.9. The van der Waals surface area contributed by atoms with Gasteiger partial charge in [0.2, 0.25) is 5.88 Å². The van der Waals surface area contributed by atoms with Gasteiger partial charge >= 0.3 is 0 Å². The van der Waals surface area contributed by atoms with Gasteiger partial charge in [0.25, 0.3) is 10.1 Å². The van der Waals surface area contributed by atoms with Crippen LogP contribution >= 0.6 is 0 Å². The smallest absolute Gasteiger partial charge is 0.261 e. The molecule has 1 heterocycles. The monoisotopic (exact) mass is 437 g/mol. The van der Waals surface area contributed by atoms with E-state index in [1.807, 2.05) is 13.8 Å². The first-order valence-corrected chi connectivity index (χ1v) is 12.0. The highest BCUT2D eigenvalue weighted by atomic mass is 32.2. The van der Waals surface area contributed by atoms with Gasteiger partial charge in [-0.25, -0.2) is 4.98 Å². The molecule has 6 nitrogen and oxygen atoms in total. The third-order valence-electron chi connectivity index (χ3n) is 4.81. The summed E-state index contributed by atoms with van der Waals surface area (Å²) in [7, 11) is -3.67. The summed E-state index contributed by atoms with van der Waals surface area (Å²) in [6.07, 6.45) is 2.91. The fourth-order valence-corrected chi connectivity index (χ4v) is 3.19. The number of aromatic nitrogens is 1. The van der Waals surface area contributed by atoms with Crippen molar-refractivity contribution in [1.29, 1.82) is 0 Å². The Morgan fingerprint density at radius 2 is 1.40 bits per heavy atom. The van der Waals surface area contributed by atoms with Crippen LogP contribution in [0.25, 0.3) is 0 Å². The van der Waals surface area contributed by atoms with Crippen molar-refractivity contribution < 1.29 is 22.4 Å². The topological polar surface area (TPSA) is 85.7 Å². The van der Waals surface area contributed by atoms with E-state index >= 15 is 0 Å². The number of pyridine rings is 1. The molecule has 0 fully saturated rings. The molecule has 1 aromatic heterocycles. The molecule has 7 heteroatoms. The highest BCUT2D eigenvalue weighted by Crippen LogP contribution is 2.37. The van der Waals surface area contributed by atoms with Crippen molar-refractivity contribution in [1.82, 2.24) is 4.98 Å². The number of aryl methyl sites for hydroxylation is 4. The van der Waals surface area contributed by atoms with Gasteiger partial charge < -0.3 is 9.47 Å². The minimum Gasteiger partial charge on any atom is -0.490 e. The third kappa shape index (κ3) is 7.61. The quantitative estimate of drug-likeness (QED) is 0.575. The summed E-state index contributed by atoms with van der Waals surface area (Å²) in [5.41, 5.74) is 6.50. The average molecular weight is 438 g/mol. The van der Waals surface area contributed by atoms with Crippen LogP contribution in [0.5, 0.6) is 17.4 Å². The van der Waals surface area contributed by atoms with E-state index in [0.717, 1.165) is 52.3 Å². The standard InChI is InChI=1S/C22H31NO2.CH4O3S/c1-9-19(10-2)24-21-16(6)18(8)23-22(17(21)7)25-20-14(4)11-13(3)12-15(20)5;1-5(2,3)4/h11-12,19H,9-10H2,1-8H3;1H3,(H,2,3,4). The SMILES string of the molecule is CCC(CC)Oc1c(C)c(C)nc(Oc2c(C)cc(C)cc2C)c1C.CS(=O)(=O)O. The van der Waals surface area contributed by atoms with Crippen LogP contribution in [0.3, 0.4) is 0 Å². The first-order valence-electron chi connectivity index (χ1n) is 10.1. The van der Waals surface area contributed by atoms with Crippen molar-refractivity contribution in [3.8, 4) is 17.4 Å². The number of benzene rings is 1. The van der Waals surface area contributed by atoms with E-state index in [4.69, 9.17) is 14.0 Å². The van der Waals surface area contributed by atoms with Gasteiger partial charge in [-0.15, -0.1) is 0 Å². The van der Waals surface area contributed by atoms with Crippen molar-refractivity contribution in [3.05, 3.63) is 45.6 Å². The molecule has 0 aliphatic rings. The Morgan fingerprint density at radius 1 is 0.933 bits per heavy atom. The number of nitrogens with zero attached hydrogens (tertiary/aromatic N) is 1. The van der Waals surface area contributed by atoms with Crippen LogP contribution in [0, 0.1) is 41.5 Å². The molecule has 30 heavy (non-hydrogen) atoms. The molecule has 0 saturated heterocycles. The summed E-state index contributed by atoms with van der Waals surface area (Å²) in [4.78, 5) is 4.69. The van der Waals surface area contributed by atoms with E-state index in [-0.39, 0.29) is 6.10 Å². The van der Waals surface area contributed by atoms with E-state index in [9.17, 15) is 8.42 Å². The third-order valence-corrected chi connectivity index (χ3v) is 4.81. The minimum atomic E-state index is -3.67. The van der Waals surface area contributed by atoms with Gasteiger partial charge in [0, 0.05) is 11.3 Å². The summed E-state index contributed by atoms with van der Waals surface area (Å²) in [5, 5.41) is 0. The molecule has 0 aliphatic carbocycles. The molecule has 0 unspecified atom stereocenters. The molecule has 1 aromatic carbocycles. The second kappa shape index (κ2) is 10.8. The van der Waals surface area contributed by atoms with Gasteiger partial charge in [0.1, 0.15) is 11.5 Å². The Morgan fingerprint density at radius 3 is 1.83 bits per heavy atom. The highest BCUT2D eigenvalue weighted by Gasteiger charge is 2.19. The van der Waals surface area contributed by atoms with Crippen molar-refractivity contribution >= 4 is 10.1 Å². The Balaban J connectivity index is 0.000000804. The van der Waals surface area contributed by atoms with Crippen LogP contribution in [0.2, 0.25) is 0 Å². The fraction of sp³-hybridized carbons (Fsp3) is 0.522. The molecule has 2 rings (SSSR count). The van der Waals surface area contributed by atoms with Crippen molar-refractivity contribution in [2.75, 3.05) is 6.26 Å². The van der Waals surface area contributed by atoms with Gasteiger partial charge in [0.05, 0.1) is 17.9 Å². The molecule has 0 atom stereocenters. The maximum absolute atomic E-state index is 9.19. The Labute approximate surface area is 181 Å². The molecule has 0 aliphatic heterocycles. The van der Waals surface area contributed by atoms with Crippen LogP contribution in [0.15, 0.2) is 12.1 Å². The molecular formula is C23H35NO5S. The Kier molecular flexibility index (Phi) is 9.31. The second-order valence-corrected chi connectivity index (χ2v) is 9.17. The number of ether oxygens (including phenoxy) is 2. The summed E-state index contributed by atoms with van der Waals surface area (Å²) < 4.78 is 38.4. The molecule has 0 radical (unpaired) electrons. The molecule has 1 N–H and O–H groups in total. The predicted molar refractivity (Wildman–Crippen MR) is 122 cm³/mol.